The van der Waals surface area contributed by atoms with E-state index in [1.165, 1.54) is 5.56 Å². The number of likely N-dealkylation sites (tertiary alicyclic amines) is 1. The van der Waals surface area contributed by atoms with Crippen LogP contribution < -0.4 is 4.90 Å². The highest BCUT2D eigenvalue weighted by atomic mass is 16.3. The number of anilines is 1. The number of piperidine rings is 1. The van der Waals surface area contributed by atoms with Gasteiger partial charge in [0.05, 0.1) is 23.7 Å². The number of β-amino-alcohol motifs (C(OH)–C–C–N with tert-alkyl or cyclic N) is 1. The number of aliphatic hydroxyl groups is 1. The number of nitrogens with zero attached hydrogens (tertiary/aromatic N) is 7. The minimum atomic E-state index is -0.464. The van der Waals surface area contributed by atoms with Crippen molar-refractivity contribution in [1.82, 2.24) is 29.2 Å². The number of benzene rings is 1. The summed E-state index contributed by atoms with van der Waals surface area (Å²) in [7, 11) is 0. The minimum absolute atomic E-state index is 0.123. The fourth-order valence-corrected chi connectivity index (χ4v) is 5.09. The standard InChI is InChI=1S/C27H33N7O2/c1-3-32(16-21-5-7-23(8-6-21)34-12-4-11-30-34)26-24-10-14-33(27(24)29-19-28-26)17-22-9-13-31(15-20(2)35)18-25(22)36/h4-8,10-12,14,19,22,25,36H,3,9,13,15-18H2,1-2H3. The van der Waals surface area contributed by atoms with Crippen molar-refractivity contribution in [3.8, 4) is 5.69 Å². The van der Waals surface area contributed by atoms with E-state index in [9.17, 15) is 9.90 Å². The van der Waals surface area contributed by atoms with Crippen molar-refractivity contribution >= 4 is 22.6 Å². The SMILES string of the molecule is CCN(Cc1ccc(-n2cccn2)cc1)c1ncnc2c1ccn2CC1CCN(CC(C)=O)CC1O. The summed E-state index contributed by atoms with van der Waals surface area (Å²) in [6.07, 6.45) is 7.77. The maximum absolute atomic E-state index is 11.4. The van der Waals surface area contributed by atoms with Gasteiger partial charge in [0.1, 0.15) is 23.6 Å². The molecule has 0 saturated carbocycles. The van der Waals surface area contributed by atoms with E-state index >= 15 is 0 Å². The van der Waals surface area contributed by atoms with Crippen molar-refractivity contribution in [3.63, 3.8) is 0 Å². The van der Waals surface area contributed by atoms with Crippen molar-refractivity contribution in [1.29, 1.82) is 0 Å². The summed E-state index contributed by atoms with van der Waals surface area (Å²) >= 11 is 0. The van der Waals surface area contributed by atoms with Gasteiger partial charge in [0.2, 0.25) is 0 Å². The predicted octanol–water partition coefficient (Wildman–Crippen LogP) is 2.92. The molecule has 1 aromatic carbocycles. The number of hydrogen-bond donors (Lipinski definition) is 1. The Labute approximate surface area is 211 Å². The summed E-state index contributed by atoms with van der Waals surface area (Å²) in [6.45, 7) is 7.73. The third-order valence-electron chi connectivity index (χ3n) is 6.98. The first-order chi connectivity index (χ1) is 17.5. The molecule has 9 nitrogen and oxygen atoms in total. The van der Waals surface area contributed by atoms with Crippen LogP contribution >= 0.6 is 0 Å². The Bertz CT molecular complexity index is 1300. The van der Waals surface area contributed by atoms with Crippen molar-refractivity contribution in [3.05, 3.63) is 66.9 Å². The number of carbonyl (C=O) groups is 1. The Morgan fingerprint density at radius 1 is 1.17 bits per heavy atom. The molecule has 1 fully saturated rings. The van der Waals surface area contributed by atoms with Crippen LogP contribution in [0.5, 0.6) is 0 Å². The molecule has 0 bridgehead atoms. The van der Waals surface area contributed by atoms with Crippen LogP contribution in [0.4, 0.5) is 5.82 Å². The van der Waals surface area contributed by atoms with Crippen molar-refractivity contribution in [2.75, 3.05) is 31.1 Å². The molecular weight excluding hydrogens is 454 g/mol. The molecule has 4 aromatic rings. The van der Waals surface area contributed by atoms with Gasteiger partial charge >= 0.3 is 0 Å². The maximum Gasteiger partial charge on any atom is 0.145 e. The van der Waals surface area contributed by atoms with E-state index in [1.54, 1.807) is 19.4 Å². The molecule has 0 spiro atoms. The third-order valence-corrected chi connectivity index (χ3v) is 6.98. The Balaban J connectivity index is 1.31. The molecule has 2 unspecified atom stereocenters. The van der Waals surface area contributed by atoms with Gasteiger partial charge in [-0.15, -0.1) is 0 Å². The van der Waals surface area contributed by atoms with Gasteiger partial charge in [-0.3, -0.25) is 9.69 Å². The lowest BCUT2D eigenvalue weighted by atomic mass is 9.93. The van der Waals surface area contributed by atoms with Gasteiger partial charge in [0.15, 0.2) is 0 Å². The smallest absolute Gasteiger partial charge is 0.145 e. The van der Waals surface area contributed by atoms with E-state index in [0.717, 1.165) is 48.6 Å². The molecule has 188 valence electrons. The lowest BCUT2D eigenvalue weighted by Gasteiger charge is -2.35. The molecule has 1 aliphatic rings. The van der Waals surface area contributed by atoms with Gasteiger partial charge in [-0.2, -0.15) is 5.10 Å². The van der Waals surface area contributed by atoms with E-state index in [0.29, 0.717) is 19.6 Å². The highest BCUT2D eigenvalue weighted by Crippen LogP contribution is 2.28. The lowest BCUT2D eigenvalue weighted by molar-refractivity contribution is -0.119. The summed E-state index contributed by atoms with van der Waals surface area (Å²) in [5, 5.41) is 16.0. The quantitative estimate of drug-likeness (QED) is 0.388. The van der Waals surface area contributed by atoms with Crippen LogP contribution in [0.3, 0.4) is 0 Å². The van der Waals surface area contributed by atoms with E-state index in [1.807, 2.05) is 28.0 Å². The van der Waals surface area contributed by atoms with Gasteiger partial charge in [0.25, 0.3) is 0 Å². The highest BCUT2D eigenvalue weighted by molar-refractivity contribution is 5.87. The van der Waals surface area contributed by atoms with Gasteiger partial charge < -0.3 is 14.6 Å². The molecule has 0 aliphatic carbocycles. The number of rotatable bonds is 9. The van der Waals surface area contributed by atoms with Gasteiger partial charge in [0, 0.05) is 50.7 Å². The zero-order chi connectivity index (χ0) is 25.1. The molecule has 1 aliphatic heterocycles. The Morgan fingerprint density at radius 2 is 2.00 bits per heavy atom. The Kier molecular flexibility index (Phi) is 7.11. The van der Waals surface area contributed by atoms with Crippen LogP contribution in [0.25, 0.3) is 16.7 Å². The molecular formula is C27H33N7O2. The largest absolute Gasteiger partial charge is 0.391 e. The molecule has 4 heterocycles. The monoisotopic (exact) mass is 487 g/mol. The Morgan fingerprint density at radius 3 is 2.69 bits per heavy atom. The number of fused-ring (bicyclic) bond motifs is 1. The van der Waals surface area contributed by atoms with Gasteiger partial charge in [-0.05, 0) is 56.6 Å². The molecule has 0 amide bonds. The zero-order valence-electron chi connectivity index (χ0n) is 20.9. The van der Waals surface area contributed by atoms with Crippen LogP contribution in [0, 0.1) is 5.92 Å². The first-order valence-corrected chi connectivity index (χ1v) is 12.6. The summed E-state index contributed by atoms with van der Waals surface area (Å²) in [5.74, 6) is 1.17. The van der Waals surface area contributed by atoms with Crippen LogP contribution in [0.1, 0.15) is 25.8 Å². The van der Waals surface area contributed by atoms with Crippen molar-refractivity contribution < 1.29 is 9.90 Å². The number of Topliss-reactive ketones (excluding diaryl/α,β-unsaturated/α-hetero) is 1. The topological polar surface area (TPSA) is 92.3 Å². The average molecular weight is 488 g/mol. The molecule has 1 N–H and O–H groups in total. The lowest BCUT2D eigenvalue weighted by Crippen LogP contribution is -2.46. The van der Waals surface area contributed by atoms with Crippen LogP contribution in [0.2, 0.25) is 0 Å². The molecule has 36 heavy (non-hydrogen) atoms. The summed E-state index contributed by atoms with van der Waals surface area (Å²) in [6, 6.07) is 12.4. The zero-order valence-corrected chi connectivity index (χ0v) is 20.9. The molecule has 9 heteroatoms. The molecule has 1 saturated heterocycles. The second-order valence-corrected chi connectivity index (χ2v) is 9.59. The van der Waals surface area contributed by atoms with E-state index < -0.39 is 6.10 Å². The maximum atomic E-state index is 11.4. The van der Waals surface area contributed by atoms with E-state index in [-0.39, 0.29) is 11.7 Å². The molecule has 5 rings (SSSR count). The summed E-state index contributed by atoms with van der Waals surface area (Å²) < 4.78 is 3.98. The highest BCUT2D eigenvalue weighted by Gasteiger charge is 2.29. The fourth-order valence-electron chi connectivity index (χ4n) is 5.09. The summed E-state index contributed by atoms with van der Waals surface area (Å²) in [4.78, 5) is 25.0. The minimum Gasteiger partial charge on any atom is -0.391 e. The summed E-state index contributed by atoms with van der Waals surface area (Å²) in [5.41, 5.74) is 3.10. The second-order valence-electron chi connectivity index (χ2n) is 9.59. The van der Waals surface area contributed by atoms with Crippen LogP contribution in [-0.4, -0.2) is 72.4 Å². The predicted molar refractivity (Wildman–Crippen MR) is 139 cm³/mol. The first-order valence-electron chi connectivity index (χ1n) is 12.6. The van der Waals surface area contributed by atoms with Crippen molar-refractivity contribution in [2.45, 2.75) is 39.5 Å². The number of aliphatic hydroxyl groups excluding tert-OH is 1. The normalized spacial score (nSPS) is 18.5. The Hall–Kier alpha value is -3.56. The van der Waals surface area contributed by atoms with Gasteiger partial charge in [-0.1, -0.05) is 12.1 Å². The van der Waals surface area contributed by atoms with Gasteiger partial charge in [-0.25, -0.2) is 14.6 Å². The van der Waals surface area contributed by atoms with Crippen molar-refractivity contribution in [2.24, 2.45) is 5.92 Å². The third kappa shape index (κ3) is 5.17. The number of carbonyl (C=O) groups excluding carboxylic acids is 1. The van der Waals surface area contributed by atoms with Crippen LogP contribution in [0.15, 0.2) is 61.3 Å². The van der Waals surface area contributed by atoms with E-state index in [2.05, 4.69) is 61.8 Å². The second kappa shape index (κ2) is 10.6. The molecule has 3 aromatic heterocycles. The number of ketones is 1. The number of hydrogen-bond acceptors (Lipinski definition) is 7. The van der Waals surface area contributed by atoms with Crippen LogP contribution in [-0.2, 0) is 17.9 Å². The number of aromatic nitrogens is 5. The first kappa shape index (κ1) is 24.1. The average Bonchev–Trinajstić information content (AvgIpc) is 3.55. The van der Waals surface area contributed by atoms with E-state index in [4.69, 9.17) is 0 Å². The fraction of sp³-hybridized carbons (Fsp3) is 0.407. The molecule has 0 radical (unpaired) electrons. The molecule has 2 atom stereocenters.